The van der Waals surface area contributed by atoms with Crippen LogP contribution in [0.1, 0.15) is 65.2 Å². The maximum atomic E-state index is 9.99. The Labute approximate surface area is 137 Å². The fourth-order valence-electron chi connectivity index (χ4n) is 5.94. The summed E-state index contributed by atoms with van der Waals surface area (Å²) < 4.78 is 0. The average molecular weight is 326 g/mol. The van der Waals surface area contributed by atoms with Crippen molar-refractivity contribution in [2.45, 2.75) is 76.8 Å². The minimum atomic E-state index is -1.17. The zero-order chi connectivity index (χ0) is 17.5. The first-order valence-corrected chi connectivity index (χ1v) is 8.43. The quantitative estimate of drug-likeness (QED) is 0.625. The van der Waals surface area contributed by atoms with Gasteiger partial charge >= 0.3 is 11.9 Å². The Balaban J connectivity index is 0.000000175. The van der Waals surface area contributed by atoms with Crippen LogP contribution in [0.2, 0.25) is 0 Å². The van der Waals surface area contributed by atoms with Gasteiger partial charge in [-0.25, -0.2) is 0 Å². The smallest absolute Gasteiger partial charge is 0.320 e. The van der Waals surface area contributed by atoms with Gasteiger partial charge in [0, 0.05) is 12.0 Å². The second-order valence-corrected chi connectivity index (χ2v) is 8.87. The van der Waals surface area contributed by atoms with Gasteiger partial charge in [-0.1, -0.05) is 13.8 Å². The zero-order valence-corrected chi connectivity index (χ0v) is 14.2. The third kappa shape index (κ3) is 4.44. The maximum Gasteiger partial charge on any atom is 0.320 e. The number of hydrogen-bond donors (Lipinski definition) is 4. The lowest BCUT2D eigenvalue weighted by Crippen LogP contribution is -2.62. The van der Waals surface area contributed by atoms with Gasteiger partial charge in [0.15, 0.2) is 0 Å². The van der Waals surface area contributed by atoms with Crippen molar-refractivity contribution >= 4 is 11.9 Å². The molecular formula is C17H30N2O4. The largest absolute Gasteiger partial charge is 0.481 e. The van der Waals surface area contributed by atoms with Gasteiger partial charge in [-0.3, -0.25) is 9.59 Å². The molecule has 4 fully saturated rings. The topological polar surface area (TPSA) is 127 Å². The van der Waals surface area contributed by atoms with Crippen molar-refractivity contribution in [1.29, 1.82) is 0 Å². The molecule has 0 spiro atoms. The second-order valence-electron chi connectivity index (χ2n) is 8.87. The summed E-state index contributed by atoms with van der Waals surface area (Å²) in [5.41, 5.74) is 12.9. The van der Waals surface area contributed by atoms with Crippen molar-refractivity contribution in [3.05, 3.63) is 0 Å². The van der Waals surface area contributed by atoms with E-state index in [2.05, 4.69) is 13.8 Å². The van der Waals surface area contributed by atoms with E-state index >= 15 is 0 Å². The Kier molecular flexibility index (Phi) is 4.79. The standard InChI is InChI=1S/C12H21N.C5H9NO4/c1-10-3-9-4-11(2,6-10)8-12(13,5-9)7-10;6-3(5(9)10)1-2-4(7)8/h9H,3-8,13H2,1-2H3;3H,1-2,6H2,(H,7,8)(H,9,10). The van der Waals surface area contributed by atoms with Gasteiger partial charge in [0.2, 0.25) is 0 Å². The monoisotopic (exact) mass is 326 g/mol. The molecule has 0 aromatic heterocycles. The number of hydrogen-bond acceptors (Lipinski definition) is 4. The normalized spacial score (nSPS) is 41.8. The van der Waals surface area contributed by atoms with Crippen molar-refractivity contribution in [1.82, 2.24) is 0 Å². The van der Waals surface area contributed by atoms with Crippen molar-refractivity contribution in [2.24, 2.45) is 28.2 Å². The van der Waals surface area contributed by atoms with Gasteiger partial charge in [-0.2, -0.15) is 0 Å². The molecule has 23 heavy (non-hydrogen) atoms. The predicted octanol–water partition coefficient (Wildman–Crippen LogP) is 1.96. The summed E-state index contributed by atoms with van der Waals surface area (Å²) in [7, 11) is 0. The first-order chi connectivity index (χ1) is 10.4. The van der Waals surface area contributed by atoms with Gasteiger partial charge in [-0.15, -0.1) is 0 Å². The molecular weight excluding hydrogens is 296 g/mol. The lowest BCUT2D eigenvalue weighted by Gasteiger charge is -2.64. The summed E-state index contributed by atoms with van der Waals surface area (Å²) in [6, 6.07) is -1.06. The summed E-state index contributed by atoms with van der Waals surface area (Å²) in [6.45, 7) is 4.94. The zero-order valence-electron chi connectivity index (χ0n) is 14.2. The highest BCUT2D eigenvalue weighted by Gasteiger charge is 2.58. The van der Waals surface area contributed by atoms with Crippen molar-refractivity contribution < 1.29 is 19.8 Å². The Bertz CT molecular complexity index is 442. The summed E-state index contributed by atoms with van der Waals surface area (Å²) in [5, 5.41) is 16.3. The van der Waals surface area contributed by atoms with Crippen LogP contribution in [0, 0.1) is 16.7 Å². The summed E-state index contributed by atoms with van der Waals surface area (Å²) in [4.78, 5) is 19.9. The molecule has 0 aromatic rings. The first-order valence-electron chi connectivity index (χ1n) is 8.43. The number of rotatable bonds is 4. The van der Waals surface area contributed by atoms with E-state index in [1.165, 1.54) is 38.5 Å². The van der Waals surface area contributed by atoms with Gasteiger partial charge < -0.3 is 21.7 Å². The molecule has 0 amide bonds. The van der Waals surface area contributed by atoms with Crippen LogP contribution < -0.4 is 11.5 Å². The van der Waals surface area contributed by atoms with Gasteiger partial charge in [0.1, 0.15) is 6.04 Å². The van der Waals surface area contributed by atoms with E-state index in [9.17, 15) is 9.59 Å². The lowest BCUT2D eigenvalue weighted by atomic mass is 9.43. The highest BCUT2D eigenvalue weighted by Crippen LogP contribution is 2.65. The molecule has 3 unspecified atom stereocenters. The number of aliphatic carboxylic acids is 2. The molecule has 4 rings (SSSR count). The van der Waals surface area contributed by atoms with Crippen LogP contribution in [-0.4, -0.2) is 33.7 Å². The van der Waals surface area contributed by atoms with E-state index in [0.717, 1.165) is 5.92 Å². The van der Waals surface area contributed by atoms with Gasteiger partial charge in [0.05, 0.1) is 0 Å². The molecule has 3 atom stereocenters. The predicted molar refractivity (Wildman–Crippen MR) is 86.8 cm³/mol. The van der Waals surface area contributed by atoms with Crippen LogP contribution in [0.4, 0.5) is 0 Å². The summed E-state index contributed by atoms with van der Waals surface area (Å²) in [6.07, 6.45) is 8.05. The first kappa shape index (κ1) is 18.2. The average Bonchev–Trinajstić information content (AvgIpc) is 2.30. The molecule has 4 bridgehead atoms. The lowest BCUT2D eigenvalue weighted by molar-refractivity contribution is -0.139. The summed E-state index contributed by atoms with van der Waals surface area (Å²) >= 11 is 0. The third-order valence-electron chi connectivity index (χ3n) is 5.66. The molecule has 0 saturated heterocycles. The molecule has 4 aliphatic rings. The van der Waals surface area contributed by atoms with E-state index < -0.39 is 18.0 Å². The number of nitrogens with two attached hydrogens (primary N) is 2. The highest BCUT2D eigenvalue weighted by molar-refractivity contribution is 5.74. The number of carboxylic acids is 2. The van der Waals surface area contributed by atoms with Crippen LogP contribution in [0.3, 0.4) is 0 Å². The molecule has 0 aromatic carbocycles. The fourth-order valence-corrected chi connectivity index (χ4v) is 5.94. The van der Waals surface area contributed by atoms with Gasteiger partial charge in [-0.05, 0) is 61.7 Å². The molecule has 0 heterocycles. The molecule has 132 valence electrons. The summed E-state index contributed by atoms with van der Waals surface area (Å²) in [5.74, 6) is -1.24. The minimum absolute atomic E-state index is 0.0231. The van der Waals surface area contributed by atoms with Crippen LogP contribution in [-0.2, 0) is 9.59 Å². The molecule has 4 saturated carbocycles. The minimum Gasteiger partial charge on any atom is -0.481 e. The SMILES string of the molecule is CC12CC3CC(C)(C1)CC(N)(C3)C2.NC(CCC(=O)O)C(=O)O. The van der Waals surface area contributed by atoms with Crippen molar-refractivity contribution in [3.63, 3.8) is 0 Å². The highest BCUT2D eigenvalue weighted by atomic mass is 16.4. The van der Waals surface area contributed by atoms with E-state index in [4.69, 9.17) is 21.7 Å². The van der Waals surface area contributed by atoms with Crippen LogP contribution in [0.15, 0.2) is 0 Å². The van der Waals surface area contributed by atoms with Crippen LogP contribution in [0.5, 0.6) is 0 Å². The van der Waals surface area contributed by atoms with E-state index in [0.29, 0.717) is 10.8 Å². The van der Waals surface area contributed by atoms with Crippen LogP contribution >= 0.6 is 0 Å². The Morgan fingerprint density at radius 1 is 1.09 bits per heavy atom. The molecule has 0 radical (unpaired) electrons. The number of carboxylic acid groups (broad SMARTS) is 2. The van der Waals surface area contributed by atoms with E-state index in [1.807, 2.05) is 0 Å². The van der Waals surface area contributed by atoms with Crippen LogP contribution in [0.25, 0.3) is 0 Å². The molecule has 6 nitrogen and oxygen atoms in total. The fraction of sp³-hybridized carbons (Fsp3) is 0.882. The van der Waals surface area contributed by atoms with E-state index in [1.54, 1.807) is 0 Å². The molecule has 6 heteroatoms. The Morgan fingerprint density at radius 2 is 1.61 bits per heavy atom. The van der Waals surface area contributed by atoms with Crippen molar-refractivity contribution in [2.75, 3.05) is 0 Å². The molecule has 0 aliphatic heterocycles. The Morgan fingerprint density at radius 3 is 1.96 bits per heavy atom. The molecule has 4 aliphatic carbocycles. The van der Waals surface area contributed by atoms with E-state index in [-0.39, 0.29) is 18.4 Å². The molecule has 6 N–H and O–H groups in total. The van der Waals surface area contributed by atoms with Gasteiger partial charge in [0.25, 0.3) is 0 Å². The third-order valence-corrected chi connectivity index (χ3v) is 5.66. The second kappa shape index (κ2) is 6.06. The Hall–Kier alpha value is -1.14. The van der Waals surface area contributed by atoms with Crippen molar-refractivity contribution in [3.8, 4) is 0 Å². The number of carbonyl (C=O) groups is 2. The maximum absolute atomic E-state index is 9.99.